The fraction of sp³-hybridized carbons (Fsp3) is 0.250. The summed E-state index contributed by atoms with van der Waals surface area (Å²) < 4.78 is 21.8. The third-order valence-electron chi connectivity index (χ3n) is 4.70. The third kappa shape index (κ3) is 5.34. The Kier molecular flexibility index (Phi) is 7.41. The van der Waals surface area contributed by atoms with Crippen LogP contribution in [0.1, 0.15) is 25.2 Å². The van der Waals surface area contributed by atoms with E-state index < -0.39 is 13.2 Å². The van der Waals surface area contributed by atoms with Crippen LogP contribution in [0.5, 0.6) is 0 Å². The van der Waals surface area contributed by atoms with E-state index in [0.717, 1.165) is 21.4 Å². The van der Waals surface area contributed by atoms with E-state index in [9.17, 15) is 4.57 Å². The highest BCUT2D eigenvalue weighted by atomic mass is 79.9. The Morgan fingerprint density at radius 3 is 2.03 bits per heavy atom. The lowest BCUT2D eigenvalue weighted by Crippen LogP contribution is -2.22. The molecule has 3 aromatic carbocycles. The first-order chi connectivity index (χ1) is 14.3. The van der Waals surface area contributed by atoms with Gasteiger partial charge in [-0.3, -0.25) is 4.57 Å². The molecule has 30 heavy (non-hydrogen) atoms. The van der Waals surface area contributed by atoms with Crippen molar-refractivity contribution in [2.75, 3.05) is 24.3 Å². The lowest BCUT2D eigenvalue weighted by atomic mass is 10.2. The second-order valence-corrected chi connectivity index (χ2v) is 11.0. The van der Waals surface area contributed by atoms with Gasteiger partial charge in [0.2, 0.25) is 0 Å². The van der Waals surface area contributed by atoms with Gasteiger partial charge in [-0.15, -0.1) is 0 Å². The van der Waals surface area contributed by atoms with Gasteiger partial charge in [0.15, 0.2) is 0 Å². The smallest absolute Gasteiger partial charge is 0.258 e. The van der Waals surface area contributed by atoms with Crippen LogP contribution in [0.3, 0.4) is 0 Å². The van der Waals surface area contributed by atoms with Crippen molar-refractivity contribution in [1.29, 1.82) is 0 Å². The number of benzene rings is 3. The highest BCUT2D eigenvalue weighted by Crippen LogP contribution is 2.59. The number of para-hydroxylation sites is 1. The van der Waals surface area contributed by atoms with Gasteiger partial charge in [0, 0.05) is 35.2 Å². The highest BCUT2D eigenvalue weighted by Gasteiger charge is 2.38. The van der Waals surface area contributed by atoms with Crippen LogP contribution in [0.2, 0.25) is 0 Å². The molecule has 0 saturated carbocycles. The topological polar surface area (TPSA) is 41.6 Å². The van der Waals surface area contributed by atoms with Crippen LogP contribution in [0.4, 0.5) is 11.4 Å². The van der Waals surface area contributed by atoms with Crippen molar-refractivity contribution >= 4 is 40.0 Å². The van der Waals surface area contributed by atoms with Gasteiger partial charge in [0.05, 0.1) is 6.10 Å². The molecule has 0 bridgehead atoms. The van der Waals surface area contributed by atoms with E-state index in [1.54, 1.807) is 0 Å². The molecule has 3 rings (SSSR count). The molecule has 0 amide bonds. The summed E-state index contributed by atoms with van der Waals surface area (Å²) in [6.07, 6.45) is -0.195. The maximum absolute atomic E-state index is 14.6. The molecule has 2 atom stereocenters. The molecular formula is C24H28BrN2O2P. The summed E-state index contributed by atoms with van der Waals surface area (Å²) in [6, 6.07) is 25.5. The SMILES string of the molecule is CC(C)OP(=O)(c1ccc(N(C)C)cc1)C(Nc1ccccc1)c1ccc(Br)cc1. The van der Waals surface area contributed by atoms with E-state index in [0.29, 0.717) is 5.30 Å². The van der Waals surface area contributed by atoms with Gasteiger partial charge in [-0.05, 0) is 67.9 Å². The van der Waals surface area contributed by atoms with Gasteiger partial charge in [0.1, 0.15) is 5.78 Å². The Hall–Kier alpha value is -2.07. The molecule has 6 heteroatoms. The summed E-state index contributed by atoms with van der Waals surface area (Å²) in [7, 11) is 0.638. The van der Waals surface area contributed by atoms with E-state index in [1.165, 1.54) is 0 Å². The van der Waals surface area contributed by atoms with Crippen LogP contribution in [-0.4, -0.2) is 20.2 Å². The fourth-order valence-corrected chi connectivity index (χ4v) is 6.13. The molecule has 4 nitrogen and oxygen atoms in total. The van der Waals surface area contributed by atoms with Crippen LogP contribution >= 0.6 is 23.3 Å². The average molecular weight is 487 g/mol. The van der Waals surface area contributed by atoms with Crippen molar-refractivity contribution in [2.45, 2.75) is 25.7 Å². The first-order valence-electron chi connectivity index (χ1n) is 9.93. The normalized spacial score (nSPS) is 14.2. The number of hydrogen-bond acceptors (Lipinski definition) is 4. The molecule has 1 N–H and O–H groups in total. The lowest BCUT2D eigenvalue weighted by molar-refractivity contribution is 0.245. The Bertz CT molecular complexity index is 990. The molecule has 0 aromatic heterocycles. The van der Waals surface area contributed by atoms with Gasteiger partial charge >= 0.3 is 0 Å². The zero-order valence-corrected chi connectivity index (χ0v) is 20.2. The minimum atomic E-state index is -3.34. The molecule has 0 aliphatic heterocycles. The van der Waals surface area contributed by atoms with Gasteiger partial charge in [-0.25, -0.2) is 0 Å². The van der Waals surface area contributed by atoms with Crippen LogP contribution < -0.4 is 15.5 Å². The molecular weight excluding hydrogens is 459 g/mol. The molecule has 0 fully saturated rings. The van der Waals surface area contributed by atoms with E-state index in [2.05, 4.69) is 21.2 Å². The zero-order chi connectivity index (χ0) is 21.7. The number of anilines is 2. The molecule has 3 aromatic rings. The van der Waals surface area contributed by atoms with Gasteiger partial charge in [-0.2, -0.15) is 0 Å². The second kappa shape index (κ2) is 9.82. The molecule has 0 saturated heterocycles. The van der Waals surface area contributed by atoms with Crippen LogP contribution in [-0.2, 0) is 9.09 Å². The van der Waals surface area contributed by atoms with Crippen LogP contribution in [0.15, 0.2) is 83.3 Å². The Morgan fingerprint density at radius 2 is 1.50 bits per heavy atom. The third-order valence-corrected chi connectivity index (χ3v) is 8.08. The van der Waals surface area contributed by atoms with Crippen molar-refractivity contribution < 1.29 is 9.09 Å². The van der Waals surface area contributed by atoms with E-state index in [-0.39, 0.29) is 6.10 Å². The Balaban J connectivity index is 2.12. The monoisotopic (exact) mass is 486 g/mol. The quantitative estimate of drug-likeness (QED) is 0.361. The molecule has 0 radical (unpaired) electrons. The molecule has 2 unspecified atom stereocenters. The molecule has 0 aliphatic rings. The fourth-order valence-electron chi connectivity index (χ4n) is 3.24. The summed E-state index contributed by atoms with van der Waals surface area (Å²) in [5.74, 6) is -0.527. The predicted molar refractivity (Wildman–Crippen MR) is 131 cm³/mol. The predicted octanol–water partition coefficient (Wildman–Crippen LogP) is 6.65. The first-order valence-corrected chi connectivity index (χ1v) is 12.4. The number of hydrogen-bond donors (Lipinski definition) is 1. The average Bonchev–Trinajstić information content (AvgIpc) is 2.73. The summed E-state index contributed by atoms with van der Waals surface area (Å²) >= 11 is 3.49. The number of rotatable bonds is 8. The van der Waals surface area contributed by atoms with E-state index in [4.69, 9.17) is 4.52 Å². The van der Waals surface area contributed by atoms with Crippen LogP contribution in [0.25, 0.3) is 0 Å². The van der Waals surface area contributed by atoms with Crippen molar-refractivity contribution in [3.63, 3.8) is 0 Å². The molecule has 0 aliphatic carbocycles. The van der Waals surface area contributed by atoms with E-state index in [1.807, 2.05) is 112 Å². The summed E-state index contributed by atoms with van der Waals surface area (Å²) in [5, 5.41) is 4.18. The van der Waals surface area contributed by atoms with Gasteiger partial charge in [0.25, 0.3) is 7.37 Å². The maximum atomic E-state index is 14.6. The van der Waals surface area contributed by atoms with Crippen molar-refractivity contribution in [3.8, 4) is 0 Å². The minimum Gasteiger partial charge on any atom is -0.378 e. The Labute approximate surface area is 187 Å². The van der Waals surface area contributed by atoms with E-state index >= 15 is 0 Å². The molecule has 0 spiro atoms. The zero-order valence-electron chi connectivity index (χ0n) is 17.7. The lowest BCUT2D eigenvalue weighted by Gasteiger charge is -2.31. The first kappa shape index (κ1) is 22.6. The Morgan fingerprint density at radius 1 is 0.900 bits per heavy atom. The number of halogens is 1. The summed E-state index contributed by atoms with van der Waals surface area (Å²) in [6.45, 7) is 3.84. The maximum Gasteiger partial charge on any atom is 0.258 e. The largest absolute Gasteiger partial charge is 0.378 e. The standard InChI is InChI=1S/C24H28BrN2O2P/c1-18(2)29-30(28,23-16-14-22(15-17-23)27(3)4)24(19-10-12-20(25)13-11-19)26-21-8-6-5-7-9-21/h5-18,24,26H,1-4H3. The molecule has 0 heterocycles. The van der Waals surface area contributed by atoms with Crippen molar-refractivity contribution in [2.24, 2.45) is 0 Å². The van der Waals surface area contributed by atoms with Gasteiger partial charge < -0.3 is 14.7 Å². The summed E-state index contributed by atoms with van der Waals surface area (Å²) in [4.78, 5) is 2.02. The van der Waals surface area contributed by atoms with Crippen LogP contribution in [0, 0.1) is 0 Å². The summed E-state index contributed by atoms with van der Waals surface area (Å²) in [5.41, 5.74) is 2.84. The molecule has 158 valence electrons. The second-order valence-electron chi connectivity index (χ2n) is 7.63. The minimum absolute atomic E-state index is 0.195. The van der Waals surface area contributed by atoms with Gasteiger partial charge in [-0.1, -0.05) is 46.3 Å². The van der Waals surface area contributed by atoms with Crippen molar-refractivity contribution in [1.82, 2.24) is 0 Å². The number of nitrogens with zero attached hydrogens (tertiary/aromatic N) is 1. The number of nitrogens with one attached hydrogen (secondary N) is 1. The van der Waals surface area contributed by atoms with Crippen molar-refractivity contribution in [3.05, 3.63) is 88.9 Å². The highest BCUT2D eigenvalue weighted by molar-refractivity contribution is 9.10.